The third kappa shape index (κ3) is 1.92. The fraction of sp³-hybridized carbons (Fsp3) is 0.444. The molecule has 1 aliphatic heterocycles. The van der Waals surface area contributed by atoms with E-state index in [4.69, 9.17) is 0 Å². The number of carbonyl (C=O) groups is 1. The summed E-state index contributed by atoms with van der Waals surface area (Å²) in [6.45, 7) is 1.58. The summed E-state index contributed by atoms with van der Waals surface area (Å²) in [5, 5.41) is 0. The van der Waals surface area contributed by atoms with Crippen LogP contribution in [0.5, 0.6) is 0 Å². The van der Waals surface area contributed by atoms with Gasteiger partial charge in [-0.05, 0) is 6.42 Å². The summed E-state index contributed by atoms with van der Waals surface area (Å²) in [4.78, 5) is 21.7. The number of likely N-dealkylation sites (tertiary alicyclic amines) is 1. The number of halogens is 1. The minimum Gasteiger partial charge on any atom is -0.337 e. The van der Waals surface area contributed by atoms with E-state index >= 15 is 0 Å². The van der Waals surface area contributed by atoms with Gasteiger partial charge in [0.25, 0.3) is 5.91 Å². The summed E-state index contributed by atoms with van der Waals surface area (Å²) in [7, 11) is 0. The molecule has 0 aromatic carbocycles. The van der Waals surface area contributed by atoms with Crippen LogP contribution in [0.4, 0.5) is 0 Å². The van der Waals surface area contributed by atoms with Crippen LogP contribution in [0.25, 0.3) is 0 Å². The highest BCUT2D eigenvalue weighted by atomic mass is 79.9. The highest BCUT2D eigenvalue weighted by Gasteiger charge is 2.25. The van der Waals surface area contributed by atoms with Gasteiger partial charge >= 0.3 is 0 Å². The second kappa shape index (κ2) is 4.04. The van der Waals surface area contributed by atoms with Crippen molar-refractivity contribution in [3.8, 4) is 0 Å². The standard InChI is InChI=1S/C9H10BrN3O/c10-8-1-2-13(5-8)9(14)7-3-11-6-12-4-7/h3-4,6,8H,1-2,5H2. The van der Waals surface area contributed by atoms with E-state index in [1.165, 1.54) is 6.33 Å². The minimum absolute atomic E-state index is 0.0209. The van der Waals surface area contributed by atoms with E-state index in [1.54, 1.807) is 12.4 Å². The largest absolute Gasteiger partial charge is 0.337 e. The van der Waals surface area contributed by atoms with Crippen molar-refractivity contribution in [2.45, 2.75) is 11.2 Å². The first kappa shape index (κ1) is 9.58. The van der Waals surface area contributed by atoms with Crippen molar-refractivity contribution in [3.05, 3.63) is 24.3 Å². The van der Waals surface area contributed by atoms with E-state index in [-0.39, 0.29) is 5.91 Å². The summed E-state index contributed by atoms with van der Waals surface area (Å²) in [5.74, 6) is 0.0209. The molecule has 1 saturated heterocycles. The number of nitrogens with zero attached hydrogens (tertiary/aromatic N) is 3. The van der Waals surface area contributed by atoms with Crippen LogP contribution in [-0.2, 0) is 0 Å². The quantitative estimate of drug-likeness (QED) is 0.706. The number of aromatic nitrogens is 2. The summed E-state index contributed by atoms with van der Waals surface area (Å²) < 4.78 is 0. The maximum Gasteiger partial charge on any atom is 0.257 e. The molecule has 1 unspecified atom stereocenters. The first-order valence-corrected chi connectivity index (χ1v) is 5.37. The minimum atomic E-state index is 0.0209. The molecule has 0 bridgehead atoms. The van der Waals surface area contributed by atoms with Gasteiger partial charge in [-0.2, -0.15) is 0 Å². The van der Waals surface area contributed by atoms with Crippen molar-refractivity contribution < 1.29 is 4.79 Å². The smallest absolute Gasteiger partial charge is 0.257 e. The second-order valence-electron chi connectivity index (χ2n) is 3.26. The summed E-state index contributed by atoms with van der Waals surface area (Å²) in [5.41, 5.74) is 0.564. The highest BCUT2D eigenvalue weighted by molar-refractivity contribution is 9.09. The lowest BCUT2D eigenvalue weighted by molar-refractivity contribution is 0.0792. The van der Waals surface area contributed by atoms with Gasteiger partial charge in [0.15, 0.2) is 0 Å². The maximum absolute atomic E-state index is 11.8. The lowest BCUT2D eigenvalue weighted by Crippen LogP contribution is -2.28. The van der Waals surface area contributed by atoms with Crippen LogP contribution in [0, 0.1) is 0 Å². The van der Waals surface area contributed by atoms with Crippen molar-refractivity contribution in [2.24, 2.45) is 0 Å². The van der Waals surface area contributed by atoms with E-state index < -0.39 is 0 Å². The zero-order chi connectivity index (χ0) is 9.97. The molecule has 5 heteroatoms. The predicted octanol–water partition coefficient (Wildman–Crippen LogP) is 1.09. The molecule has 1 atom stereocenters. The Morgan fingerprint density at radius 1 is 1.50 bits per heavy atom. The molecular formula is C9H10BrN3O. The van der Waals surface area contributed by atoms with Gasteiger partial charge in [-0.3, -0.25) is 4.79 Å². The van der Waals surface area contributed by atoms with Gasteiger partial charge in [-0.25, -0.2) is 9.97 Å². The molecule has 0 radical (unpaired) electrons. The molecule has 1 amide bonds. The van der Waals surface area contributed by atoms with Gasteiger partial charge in [-0.15, -0.1) is 0 Å². The second-order valence-corrected chi connectivity index (χ2v) is 4.56. The van der Waals surface area contributed by atoms with Gasteiger partial charge in [0.1, 0.15) is 6.33 Å². The zero-order valence-corrected chi connectivity index (χ0v) is 9.14. The van der Waals surface area contributed by atoms with Gasteiger partial charge in [0.05, 0.1) is 5.56 Å². The Hall–Kier alpha value is -0.970. The van der Waals surface area contributed by atoms with Gasteiger partial charge in [0, 0.05) is 30.3 Å². The molecule has 74 valence electrons. The number of carbonyl (C=O) groups excluding carboxylic acids is 1. The van der Waals surface area contributed by atoms with Crippen molar-refractivity contribution in [1.82, 2.24) is 14.9 Å². The lowest BCUT2D eigenvalue weighted by Gasteiger charge is -2.14. The molecule has 2 heterocycles. The van der Waals surface area contributed by atoms with E-state index in [2.05, 4.69) is 25.9 Å². The first-order valence-electron chi connectivity index (χ1n) is 4.46. The van der Waals surface area contributed by atoms with E-state index in [1.807, 2.05) is 4.90 Å². The van der Waals surface area contributed by atoms with Crippen LogP contribution in [0.2, 0.25) is 0 Å². The zero-order valence-electron chi connectivity index (χ0n) is 7.56. The van der Waals surface area contributed by atoms with E-state index in [0.29, 0.717) is 10.4 Å². The topological polar surface area (TPSA) is 46.1 Å². The SMILES string of the molecule is O=C(c1cncnc1)N1CCC(Br)C1. The molecule has 0 aliphatic carbocycles. The fourth-order valence-corrected chi connectivity index (χ4v) is 2.05. The predicted molar refractivity (Wildman–Crippen MR) is 55.3 cm³/mol. The molecule has 1 aromatic rings. The Kier molecular flexibility index (Phi) is 2.77. The monoisotopic (exact) mass is 255 g/mol. The summed E-state index contributed by atoms with van der Waals surface area (Å²) >= 11 is 3.49. The van der Waals surface area contributed by atoms with Crippen molar-refractivity contribution in [2.75, 3.05) is 13.1 Å². The average Bonchev–Trinajstić information content (AvgIpc) is 2.65. The van der Waals surface area contributed by atoms with Crippen molar-refractivity contribution in [3.63, 3.8) is 0 Å². The number of amides is 1. The number of alkyl halides is 1. The number of rotatable bonds is 1. The Morgan fingerprint density at radius 2 is 2.21 bits per heavy atom. The lowest BCUT2D eigenvalue weighted by atomic mass is 10.3. The molecule has 1 aromatic heterocycles. The summed E-state index contributed by atoms with van der Waals surface area (Å²) in [6.07, 6.45) is 5.54. The molecule has 1 aliphatic rings. The Bertz CT molecular complexity index is 330. The van der Waals surface area contributed by atoms with Crippen LogP contribution in [-0.4, -0.2) is 38.7 Å². The molecule has 0 spiro atoms. The van der Waals surface area contributed by atoms with Crippen molar-refractivity contribution >= 4 is 21.8 Å². The number of hydrogen-bond donors (Lipinski definition) is 0. The molecule has 2 rings (SSSR count). The van der Waals surface area contributed by atoms with Crippen LogP contribution in [0.1, 0.15) is 16.8 Å². The molecule has 0 saturated carbocycles. The molecule has 0 N–H and O–H groups in total. The third-order valence-corrected chi connectivity index (χ3v) is 2.97. The van der Waals surface area contributed by atoms with Gasteiger partial charge in [-0.1, -0.05) is 15.9 Å². The van der Waals surface area contributed by atoms with Crippen molar-refractivity contribution in [1.29, 1.82) is 0 Å². The highest BCUT2D eigenvalue weighted by Crippen LogP contribution is 2.18. The third-order valence-electron chi connectivity index (χ3n) is 2.23. The van der Waals surface area contributed by atoms with Crippen LogP contribution < -0.4 is 0 Å². The van der Waals surface area contributed by atoms with Crippen LogP contribution >= 0.6 is 15.9 Å². The normalized spacial score (nSPS) is 21.2. The van der Waals surface area contributed by atoms with Gasteiger partial charge < -0.3 is 4.90 Å². The Balaban J connectivity index is 2.10. The first-order chi connectivity index (χ1) is 6.77. The average molecular weight is 256 g/mol. The fourth-order valence-electron chi connectivity index (χ4n) is 1.49. The molecule has 14 heavy (non-hydrogen) atoms. The summed E-state index contributed by atoms with van der Waals surface area (Å²) in [6, 6.07) is 0. The number of hydrogen-bond acceptors (Lipinski definition) is 3. The Morgan fingerprint density at radius 3 is 2.79 bits per heavy atom. The van der Waals surface area contributed by atoms with E-state index in [0.717, 1.165) is 19.5 Å². The molecule has 4 nitrogen and oxygen atoms in total. The van der Waals surface area contributed by atoms with Crippen LogP contribution in [0.3, 0.4) is 0 Å². The Labute approximate surface area is 90.5 Å². The molecular weight excluding hydrogens is 246 g/mol. The van der Waals surface area contributed by atoms with Gasteiger partial charge in [0.2, 0.25) is 0 Å². The van der Waals surface area contributed by atoms with Crippen LogP contribution in [0.15, 0.2) is 18.7 Å². The van der Waals surface area contributed by atoms with E-state index in [9.17, 15) is 4.79 Å². The molecule has 1 fully saturated rings. The maximum atomic E-state index is 11.8.